The number of nitrogens with one attached hydrogen (secondary N) is 1. The number of hydrogen-bond donors (Lipinski definition) is 1. The number of carbonyl (C=O) groups excluding carboxylic acids is 1. The second-order valence-corrected chi connectivity index (χ2v) is 4.81. The normalized spacial score (nSPS) is 10.5. The van der Waals surface area contributed by atoms with E-state index in [0.29, 0.717) is 31.3 Å². The zero-order valence-electron chi connectivity index (χ0n) is 13.4. The highest BCUT2D eigenvalue weighted by atomic mass is 16.5. The highest BCUT2D eigenvalue weighted by molar-refractivity contribution is 5.92. The summed E-state index contributed by atoms with van der Waals surface area (Å²) in [7, 11) is 1.94. The SMILES string of the molecule is CCCN(C)CC(=O)Nc1ccc(OCC)c(OCC)c1. The summed E-state index contributed by atoms with van der Waals surface area (Å²) in [6.07, 6.45) is 1.03. The number of ether oxygens (including phenoxy) is 2. The summed E-state index contributed by atoms with van der Waals surface area (Å²) < 4.78 is 11.0. The van der Waals surface area contributed by atoms with Gasteiger partial charge in [-0.25, -0.2) is 0 Å². The van der Waals surface area contributed by atoms with Gasteiger partial charge in [0.1, 0.15) is 0 Å². The van der Waals surface area contributed by atoms with Gasteiger partial charge in [0.15, 0.2) is 11.5 Å². The predicted molar refractivity (Wildman–Crippen MR) is 85.2 cm³/mol. The highest BCUT2D eigenvalue weighted by Gasteiger charge is 2.10. The van der Waals surface area contributed by atoms with E-state index in [-0.39, 0.29) is 5.91 Å². The standard InChI is InChI=1S/C16H26N2O3/c1-5-10-18(4)12-16(19)17-13-8-9-14(20-6-2)15(11-13)21-7-3/h8-9,11H,5-7,10,12H2,1-4H3,(H,17,19). The van der Waals surface area contributed by atoms with Gasteiger partial charge in [-0.15, -0.1) is 0 Å². The van der Waals surface area contributed by atoms with Crippen LogP contribution in [0.1, 0.15) is 27.2 Å². The van der Waals surface area contributed by atoms with Crippen molar-refractivity contribution in [1.82, 2.24) is 4.90 Å². The smallest absolute Gasteiger partial charge is 0.238 e. The van der Waals surface area contributed by atoms with E-state index in [0.717, 1.165) is 18.7 Å². The van der Waals surface area contributed by atoms with Gasteiger partial charge >= 0.3 is 0 Å². The van der Waals surface area contributed by atoms with Gasteiger partial charge in [0.2, 0.25) is 5.91 Å². The third-order valence-electron chi connectivity index (χ3n) is 2.85. The molecule has 0 saturated carbocycles. The molecule has 0 spiro atoms. The first-order valence-corrected chi connectivity index (χ1v) is 7.48. The second kappa shape index (κ2) is 9.23. The number of carbonyl (C=O) groups is 1. The molecule has 118 valence electrons. The molecule has 21 heavy (non-hydrogen) atoms. The summed E-state index contributed by atoms with van der Waals surface area (Å²) >= 11 is 0. The van der Waals surface area contributed by atoms with Gasteiger partial charge in [-0.3, -0.25) is 9.69 Å². The molecule has 0 radical (unpaired) electrons. The summed E-state index contributed by atoms with van der Waals surface area (Å²) in [5, 5.41) is 2.88. The van der Waals surface area contributed by atoms with E-state index in [4.69, 9.17) is 9.47 Å². The Bertz CT molecular complexity index is 449. The molecule has 1 amide bonds. The Morgan fingerprint density at radius 3 is 2.43 bits per heavy atom. The number of amides is 1. The lowest BCUT2D eigenvalue weighted by Gasteiger charge is -2.16. The van der Waals surface area contributed by atoms with Gasteiger partial charge in [0.25, 0.3) is 0 Å². The van der Waals surface area contributed by atoms with Crippen LogP contribution in [0.25, 0.3) is 0 Å². The van der Waals surface area contributed by atoms with Crippen molar-refractivity contribution in [3.05, 3.63) is 18.2 Å². The van der Waals surface area contributed by atoms with Crippen molar-refractivity contribution in [1.29, 1.82) is 0 Å². The van der Waals surface area contributed by atoms with Gasteiger partial charge in [-0.05, 0) is 46.0 Å². The average molecular weight is 294 g/mol. The topological polar surface area (TPSA) is 50.8 Å². The maximum absolute atomic E-state index is 12.0. The van der Waals surface area contributed by atoms with Crippen LogP contribution in [0.5, 0.6) is 11.5 Å². The van der Waals surface area contributed by atoms with Crippen LogP contribution in [-0.4, -0.2) is 44.2 Å². The number of benzene rings is 1. The maximum Gasteiger partial charge on any atom is 0.238 e. The Balaban J connectivity index is 2.70. The minimum atomic E-state index is -0.0300. The molecule has 1 aromatic rings. The van der Waals surface area contributed by atoms with Crippen molar-refractivity contribution in [3.8, 4) is 11.5 Å². The van der Waals surface area contributed by atoms with Crippen LogP contribution in [0.15, 0.2) is 18.2 Å². The molecule has 0 atom stereocenters. The highest BCUT2D eigenvalue weighted by Crippen LogP contribution is 2.30. The predicted octanol–water partition coefficient (Wildman–Crippen LogP) is 2.76. The van der Waals surface area contributed by atoms with E-state index in [9.17, 15) is 4.79 Å². The lowest BCUT2D eigenvalue weighted by Crippen LogP contribution is -2.30. The summed E-state index contributed by atoms with van der Waals surface area (Å²) in [6.45, 7) is 8.35. The summed E-state index contributed by atoms with van der Waals surface area (Å²) in [4.78, 5) is 13.9. The Hall–Kier alpha value is -1.75. The van der Waals surface area contributed by atoms with Crippen LogP contribution < -0.4 is 14.8 Å². The van der Waals surface area contributed by atoms with E-state index in [1.54, 1.807) is 6.07 Å². The molecule has 0 aromatic heterocycles. The van der Waals surface area contributed by atoms with Gasteiger partial charge in [-0.2, -0.15) is 0 Å². The molecule has 0 fully saturated rings. The fraction of sp³-hybridized carbons (Fsp3) is 0.562. The van der Waals surface area contributed by atoms with Gasteiger partial charge in [-0.1, -0.05) is 6.92 Å². The van der Waals surface area contributed by atoms with Gasteiger partial charge in [0, 0.05) is 11.8 Å². The minimum Gasteiger partial charge on any atom is -0.490 e. The maximum atomic E-state index is 12.0. The quantitative estimate of drug-likeness (QED) is 0.761. The molecule has 0 aliphatic rings. The molecule has 1 N–H and O–H groups in total. The first kappa shape index (κ1) is 17.3. The van der Waals surface area contributed by atoms with Crippen molar-refractivity contribution in [3.63, 3.8) is 0 Å². The van der Waals surface area contributed by atoms with Crippen LogP contribution in [0.3, 0.4) is 0 Å². The van der Waals surface area contributed by atoms with E-state index in [2.05, 4.69) is 12.2 Å². The van der Waals surface area contributed by atoms with Gasteiger partial charge < -0.3 is 14.8 Å². The number of hydrogen-bond acceptors (Lipinski definition) is 4. The fourth-order valence-electron chi connectivity index (χ4n) is 2.04. The first-order chi connectivity index (χ1) is 10.1. The second-order valence-electron chi connectivity index (χ2n) is 4.81. The minimum absolute atomic E-state index is 0.0300. The van der Waals surface area contributed by atoms with E-state index < -0.39 is 0 Å². The van der Waals surface area contributed by atoms with Crippen molar-refractivity contribution < 1.29 is 14.3 Å². The number of nitrogens with zero attached hydrogens (tertiary/aromatic N) is 1. The zero-order valence-corrected chi connectivity index (χ0v) is 13.4. The van der Waals surface area contributed by atoms with Crippen molar-refractivity contribution in [2.75, 3.05) is 38.7 Å². The Morgan fingerprint density at radius 2 is 1.81 bits per heavy atom. The molecule has 5 heteroatoms. The Morgan fingerprint density at radius 1 is 1.14 bits per heavy atom. The zero-order chi connectivity index (χ0) is 15.7. The lowest BCUT2D eigenvalue weighted by atomic mass is 10.2. The summed E-state index contributed by atoms with van der Waals surface area (Å²) in [5.74, 6) is 1.32. The molecular formula is C16H26N2O3. The molecule has 0 aliphatic carbocycles. The monoisotopic (exact) mass is 294 g/mol. The van der Waals surface area contributed by atoms with E-state index in [1.165, 1.54) is 0 Å². The third kappa shape index (κ3) is 6.04. The Labute approximate surface area is 127 Å². The molecular weight excluding hydrogens is 268 g/mol. The van der Waals surface area contributed by atoms with Crippen molar-refractivity contribution in [2.45, 2.75) is 27.2 Å². The summed E-state index contributed by atoms with van der Waals surface area (Å²) in [6, 6.07) is 5.44. The van der Waals surface area contributed by atoms with Crippen LogP contribution in [0.2, 0.25) is 0 Å². The average Bonchev–Trinajstić information content (AvgIpc) is 2.42. The fourth-order valence-corrected chi connectivity index (χ4v) is 2.04. The molecule has 0 aliphatic heterocycles. The first-order valence-electron chi connectivity index (χ1n) is 7.48. The van der Waals surface area contributed by atoms with Crippen molar-refractivity contribution in [2.24, 2.45) is 0 Å². The number of likely N-dealkylation sites (N-methyl/N-ethyl adjacent to an activating group) is 1. The largest absolute Gasteiger partial charge is 0.490 e. The van der Waals surface area contributed by atoms with Crippen molar-refractivity contribution >= 4 is 11.6 Å². The summed E-state index contributed by atoms with van der Waals surface area (Å²) in [5.41, 5.74) is 0.719. The van der Waals surface area contributed by atoms with Crippen LogP contribution >= 0.6 is 0 Å². The third-order valence-corrected chi connectivity index (χ3v) is 2.85. The lowest BCUT2D eigenvalue weighted by molar-refractivity contribution is -0.117. The molecule has 0 heterocycles. The molecule has 1 rings (SSSR count). The number of rotatable bonds is 9. The Kier molecular flexibility index (Phi) is 7.61. The molecule has 5 nitrogen and oxygen atoms in total. The number of anilines is 1. The molecule has 1 aromatic carbocycles. The van der Waals surface area contributed by atoms with Crippen LogP contribution in [0, 0.1) is 0 Å². The van der Waals surface area contributed by atoms with Gasteiger partial charge in [0.05, 0.1) is 19.8 Å². The molecule has 0 saturated heterocycles. The van der Waals surface area contributed by atoms with E-state index >= 15 is 0 Å². The van der Waals surface area contributed by atoms with Crippen LogP contribution in [-0.2, 0) is 4.79 Å². The van der Waals surface area contributed by atoms with E-state index in [1.807, 2.05) is 37.9 Å². The molecule has 0 unspecified atom stereocenters. The molecule has 0 bridgehead atoms. The van der Waals surface area contributed by atoms with Crippen LogP contribution in [0.4, 0.5) is 5.69 Å².